The summed E-state index contributed by atoms with van der Waals surface area (Å²) in [5.74, 6) is 0.687. The number of fused-ring (bicyclic) bond motifs is 5. The van der Waals surface area contributed by atoms with E-state index < -0.39 is 0 Å². The number of aromatic nitrogens is 2. The Morgan fingerprint density at radius 2 is 1.96 bits per heavy atom. The normalized spacial score (nSPS) is 21.3. The Bertz CT molecular complexity index is 1120. The van der Waals surface area contributed by atoms with Crippen LogP contribution in [0, 0.1) is 19.8 Å². The van der Waals surface area contributed by atoms with Crippen LogP contribution >= 0.6 is 0 Å². The van der Waals surface area contributed by atoms with Crippen LogP contribution in [-0.2, 0) is 6.54 Å². The van der Waals surface area contributed by atoms with Gasteiger partial charge in [-0.05, 0) is 56.0 Å². The quantitative estimate of drug-likeness (QED) is 0.724. The van der Waals surface area contributed by atoms with Gasteiger partial charge in [-0.3, -0.25) is 9.59 Å². The van der Waals surface area contributed by atoms with E-state index in [1.165, 1.54) is 5.56 Å². The summed E-state index contributed by atoms with van der Waals surface area (Å²) >= 11 is 0. The molecule has 138 valence electrons. The van der Waals surface area contributed by atoms with Crippen molar-refractivity contribution in [2.24, 2.45) is 5.92 Å². The molecule has 0 saturated carbocycles. The molecule has 5 nitrogen and oxygen atoms in total. The highest BCUT2D eigenvalue weighted by atomic mass is 16.2. The molecule has 1 fully saturated rings. The number of hydrogen-bond acceptors (Lipinski definition) is 2. The summed E-state index contributed by atoms with van der Waals surface area (Å²) in [5.41, 5.74) is 5.31. The lowest BCUT2D eigenvalue weighted by Gasteiger charge is -2.42. The van der Waals surface area contributed by atoms with E-state index in [2.05, 4.69) is 18.8 Å². The maximum absolute atomic E-state index is 13.2. The van der Waals surface area contributed by atoms with Gasteiger partial charge in [0.15, 0.2) is 0 Å². The van der Waals surface area contributed by atoms with Gasteiger partial charge >= 0.3 is 0 Å². The highest BCUT2D eigenvalue weighted by Crippen LogP contribution is 2.35. The van der Waals surface area contributed by atoms with Gasteiger partial charge in [-0.1, -0.05) is 6.07 Å². The number of carbonyl (C=O) groups excluding carboxylic acids is 1. The molecule has 3 aromatic rings. The third kappa shape index (κ3) is 2.52. The Hall–Kier alpha value is -2.82. The van der Waals surface area contributed by atoms with E-state index in [0.717, 1.165) is 40.8 Å². The number of H-pyrrole nitrogens is 1. The molecule has 2 bridgehead atoms. The summed E-state index contributed by atoms with van der Waals surface area (Å²) in [7, 11) is 0. The lowest BCUT2D eigenvalue weighted by Crippen LogP contribution is -2.49. The fraction of sp³-hybridized carbons (Fsp3) is 0.364. The molecule has 5 rings (SSSR count). The lowest BCUT2D eigenvalue weighted by atomic mass is 9.83. The van der Waals surface area contributed by atoms with Gasteiger partial charge in [0, 0.05) is 59.5 Å². The number of benzene rings is 1. The summed E-state index contributed by atoms with van der Waals surface area (Å²) in [6, 6.07) is 11.4. The van der Waals surface area contributed by atoms with E-state index in [-0.39, 0.29) is 17.4 Å². The third-order valence-electron chi connectivity index (χ3n) is 6.32. The number of rotatable bonds is 1. The number of aromatic amines is 1. The average Bonchev–Trinajstić information content (AvgIpc) is 2.95. The van der Waals surface area contributed by atoms with Crippen LogP contribution in [-0.4, -0.2) is 33.4 Å². The number of carbonyl (C=O) groups is 1. The van der Waals surface area contributed by atoms with E-state index in [1.807, 2.05) is 39.8 Å². The minimum Gasteiger partial charge on any atom is -0.358 e. The van der Waals surface area contributed by atoms with Crippen LogP contribution in [0.15, 0.2) is 41.2 Å². The Balaban J connectivity index is 1.47. The van der Waals surface area contributed by atoms with Crippen LogP contribution in [0.2, 0.25) is 0 Å². The molecule has 1 saturated heterocycles. The molecule has 0 radical (unpaired) electrons. The zero-order valence-electron chi connectivity index (χ0n) is 15.7. The van der Waals surface area contributed by atoms with Gasteiger partial charge in [0.05, 0.1) is 0 Å². The van der Waals surface area contributed by atoms with Crippen LogP contribution in [0.3, 0.4) is 0 Å². The van der Waals surface area contributed by atoms with E-state index >= 15 is 0 Å². The van der Waals surface area contributed by atoms with Gasteiger partial charge in [0.2, 0.25) is 0 Å². The molecule has 27 heavy (non-hydrogen) atoms. The summed E-state index contributed by atoms with van der Waals surface area (Å²) < 4.78 is 1.90. The van der Waals surface area contributed by atoms with E-state index in [0.29, 0.717) is 19.0 Å². The monoisotopic (exact) mass is 361 g/mol. The molecular weight excluding hydrogens is 338 g/mol. The first-order valence-corrected chi connectivity index (χ1v) is 9.59. The summed E-state index contributed by atoms with van der Waals surface area (Å²) in [4.78, 5) is 30.7. The Kier molecular flexibility index (Phi) is 3.54. The topological polar surface area (TPSA) is 58.1 Å². The number of amides is 1. The lowest BCUT2D eigenvalue weighted by molar-refractivity contribution is 0.0594. The molecule has 0 aliphatic carbocycles. The summed E-state index contributed by atoms with van der Waals surface area (Å²) in [5, 5.41) is 1.12. The zero-order valence-corrected chi connectivity index (χ0v) is 15.7. The van der Waals surface area contributed by atoms with E-state index in [9.17, 15) is 9.59 Å². The molecule has 2 aliphatic rings. The number of hydrogen-bond donors (Lipinski definition) is 1. The highest BCUT2D eigenvalue weighted by molar-refractivity contribution is 5.99. The maximum Gasteiger partial charge on any atom is 0.253 e. The Labute approximate surface area is 157 Å². The number of nitrogens with zero attached hydrogens (tertiary/aromatic N) is 2. The van der Waals surface area contributed by atoms with Crippen LogP contribution < -0.4 is 5.56 Å². The number of pyridine rings is 1. The summed E-state index contributed by atoms with van der Waals surface area (Å²) in [6.07, 6.45) is 1.06. The van der Waals surface area contributed by atoms with Crippen LogP contribution in [0.1, 0.15) is 39.6 Å². The first-order chi connectivity index (χ1) is 13.0. The fourth-order valence-corrected chi connectivity index (χ4v) is 4.84. The van der Waals surface area contributed by atoms with Gasteiger partial charge in [-0.15, -0.1) is 0 Å². The Morgan fingerprint density at radius 3 is 2.81 bits per heavy atom. The van der Waals surface area contributed by atoms with Gasteiger partial charge < -0.3 is 14.5 Å². The van der Waals surface area contributed by atoms with Gasteiger partial charge in [0.1, 0.15) is 0 Å². The number of nitrogens with one attached hydrogen (secondary N) is 1. The molecule has 2 atom stereocenters. The molecule has 2 unspecified atom stereocenters. The van der Waals surface area contributed by atoms with Crippen molar-refractivity contribution < 1.29 is 4.79 Å². The predicted molar refractivity (Wildman–Crippen MR) is 105 cm³/mol. The second-order valence-corrected chi connectivity index (χ2v) is 8.04. The van der Waals surface area contributed by atoms with Crippen LogP contribution in [0.4, 0.5) is 0 Å². The molecule has 4 heterocycles. The van der Waals surface area contributed by atoms with Crippen molar-refractivity contribution in [1.29, 1.82) is 0 Å². The van der Waals surface area contributed by atoms with Crippen LogP contribution in [0.25, 0.3) is 10.9 Å². The molecule has 5 heteroatoms. The first-order valence-electron chi connectivity index (χ1n) is 9.59. The minimum absolute atomic E-state index is 0.0748. The minimum atomic E-state index is 0.0748. The van der Waals surface area contributed by atoms with Gasteiger partial charge in [-0.2, -0.15) is 0 Å². The predicted octanol–water partition coefficient (Wildman–Crippen LogP) is 3.21. The molecule has 2 aromatic heterocycles. The molecule has 1 amide bonds. The molecule has 1 N–H and O–H groups in total. The third-order valence-corrected chi connectivity index (χ3v) is 6.32. The zero-order chi connectivity index (χ0) is 18.7. The smallest absolute Gasteiger partial charge is 0.253 e. The summed E-state index contributed by atoms with van der Waals surface area (Å²) in [6.45, 7) is 6.26. The van der Waals surface area contributed by atoms with Crippen molar-refractivity contribution in [3.8, 4) is 0 Å². The molecular formula is C22H23N3O2. The second kappa shape index (κ2) is 5.84. The van der Waals surface area contributed by atoms with Crippen molar-refractivity contribution in [2.75, 3.05) is 13.1 Å². The molecule has 0 spiro atoms. The molecule has 2 aliphatic heterocycles. The van der Waals surface area contributed by atoms with Crippen molar-refractivity contribution in [3.63, 3.8) is 0 Å². The van der Waals surface area contributed by atoms with E-state index in [1.54, 1.807) is 6.07 Å². The number of likely N-dealkylation sites (tertiary alicyclic amines) is 1. The Morgan fingerprint density at radius 1 is 1.11 bits per heavy atom. The standard InChI is InChI=1S/C22H23N3O2/c1-13-14(2)23-19-7-6-16(9-18(13)19)22(27)24-10-15-8-17(12-24)20-4-3-5-21(26)25(20)11-15/h3-7,9,15,17,23H,8,10-12H2,1-2H3. The van der Waals surface area contributed by atoms with Gasteiger partial charge in [0.25, 0.3) is 11.5 Å². The average molecular weight is 361 g/mol. The first kappa shape index (κ1) is 16.4. The number of piperidine rings is 1. The van der Waals surface area contributed by atoms with E-state index in [4.69, 9.17) is 0 Å². The SMILES string of the molecule is Cc1[nH]c2ccc(C(=O)N3CC4CC(C3)c3cccc(=O)n3C4)cc2c1C. The number of aryl methyl sites for hydroxylation is 2. The second-order valence-electron chi connectivity index (χ2n) is 8.04. The van der Waals surface area contributed by atoms with Crippen molar-refractivity contribution in [2.45, 2.75) is 32.7 Å². The maximum atomic E-state index is 13.2. The highest BCUT2D eigenvalue weighted by Gasteiger charge is 2.36. The van der Waals surface area contributed by atoms with Crippen molar-refractivity contribution in [3.05, 3.63) is 69.3 Å². The fourth-order valence-electron chi connectivity index (χ4n) is 4.84. The largest absolute Gasteiger partial charge is 0.358 e. The van der Waals surface area contributed by atoms with Crippen LogP contribution in [0.5, 0.6) is 0 Å². The van der Waals surface area contributed by atoms with Crippen molar-refractivity contribution in [1.82, 2.24) is 14.5 Å². The van der Waals surface area contributed by atoms with Gasteiger partial charge in [-0.25, -0.2) is 0 Å². The van der Waals surface area contributed by atoms with Crippen molar-refractivity contribution >= 4 is 16.8 Å². The molecule has 1 aromatic carbocycles.